The van der Waals surface area contributed by atoms with Gasteiger partial charge >= 0.3 is 0 Å². The molecule has 0 unspecified atom stereocenters. The van der Waals surface area contributed by atoms with E-state index in [0.29, 0.717) is 5.69 Å². The van der Waals surface area contributed by atoms with Gasteiger partial charge in [-0.25, -0.2) is 12.7 Å². The van der Waals surface area contributed by atoms with Crippen LogP contribution in [0, 0.1) is 6.92 Å². The highest BCUT2D eigenvalue weighted by molar-refractivity contribution is 7.89. The van der Waals surface area contributed by atoms with Crippen molar-refractivity contribution in [2.24, 2.45) is 0 Å². The van der Waals surface area contributed by atoms with Gasteiger partial charge in [0.25, 0.3) is 5.91 Å². The molecule has 0 saturated carbocycles. The van der Waals surface area contributed by atoms with Gasteiger partial charge in [0.2, 0.25) is 10.0 Å². The Kier molecular flexibility index (Phi) is 5.06. The van der Waals surface area contributed by atoms with Crippen LogP contribution in [0.3, 0.4) is 0 Å². The van der Waals surface area contributed by atoms with E-state index in [1.54, 1.807) is 13.0 Å². The number of aromatic nitrogens is 3. The van der Waals surface area contributed by atoms with Crippen LogP contribution in [0.25, 0.3) is 5.69 Å². The Labute approximate surface area is 157 Å². The number of anilines is 1. The van der Waals surface area contributed by atoms with E-state index >= 15 is 0 Å². The van der Waals surface area contributed by atoms with E-state index in [1.165, 1.54) is 37.2 Å². The van der Waals surface area contributed by atoms with Crippen LogP contribution < -0.4 is 5.32 Å². The summed E-state index contributed by atoms with van der Waals surface area (Å²) >= 11 is 0. The summed E-state index contributed by atoms with van der Waals surface area (Å²) in [6.45, 7) is 1.78. The molecule has 1 N–H and O–H groups in total. The molecule has 0 atom stereocenters. The average Bonchev–Trinajstić information content (AvgIpc) is 3.14. The number of amides is 1. The predicted octanol–water partition coefficient (Wildman–Crippen LogP) is 2.08. The fraction of sp³-hybridized carbons (Fsp3) is 0.167. The van der Waals surface area contributed by atoms with E-state index in [4.69, 9.17) is 0 Å². The smallest absolute Gasteiger partial charge is 0.277 e. The molecule has 3 rings (SSSR count). The number of nitrogens with one attached hydrogen (secondary N) is 1. The van der Waals surface area contributed by atoms with Crippen LogP contribution >= 0.6 is 0 Å². The van der Waals surface area contributed by atoms with Crippen molar-refractivity contribution in [3.63, 3.8) is 0 Å². The maximum Gasteiger partial charge on any atom is 0.277 e. The molecule has 140 valence electrons. The van der Waals surface area contributed by atoms with Crippen molar-refractivity contribution in [1.29, 1.82) is 0 Å². The molecule has 1 heterocycles. The highest BCUT2D eigenvalue weighted by Crippen LogP contribution is 2.22. The number of nitrogens with zero attached hydrogens (tertiary/aromatic N) is 4. The Bertz CT molecular complexity index is 1080. The predicted molar refractivity (Wildman–Crippen MR) is 101 cm³/mol. The summed E-state index contributed by atoms with van der Waals surface area (Å²) in [4.78, 5) is 14.0. The number of sulfonamides is 1. The zero-order valence-electron chi connectivity index (χ0n) is 15.1. The molecule has 1 amide bonds. The molecule has 0 radical (unpaired) electrons. The highest BCUT2D eigenvalue weighted by atomic mass is 32.2. The summed E-state index contributed by atoms with van der Waals surface area (Å²) in [7, 11) is -0.691. The lowest BCUT2D eigenvalue weighted by molar-refractivity contribution is 0.102. The molecule has 2 aromatic carbocycles. The van der Waals surface area contributed by atoms with Crippen LogP contribution in [0.4, 0.5) is 5.69 Å². The Morgan fingerprint density at radius 3 is 2.48 bits per heavy atom. The zero-order valence-corrected chi connectivity index (χ0v) is 15.9. The first-order valence-electron chi connectivity index (χ1n) is 8.11. The lowest BCUT2D eigenvalue weighted by Gasteiger charge is -2.14. The number of hydrogen-bond donors (Lipinski definition) is 1. The molecule has 8 nitrogen and oxygen atoms in total. The standard InChI is InChI=1S/C18H19N5O3S/c1-13-9-10-15(27(25,26)22(2)3)11-16(13)20-18(24)17-12-19-23(21-17)14-7-5-4-6-8-14/h4-12H,1-3H3,(H,20,24). The molecule has 0 aliphatic carbocycles. The number of benzene rings is 2. The first-order valence-corrected chi connectivity index (χ1v) is 9.55. The van der Waals surface area contributed by atoms with Crippen molar-refractivity contribution >= 4 is 21.6 Å². The van der Waals surface area contributed by atoms with Crippen LogP contribution in [-0.4, -0.2) is 47.7 Å². The Morgan fingerprint density at radius 2 is 1.81 bits per heavy atom. The van der Waals surface area contributed by atoms with Gasteiger partial charge in [-0.2, -0.15) is 9.90 Å². The number of aryl methyl sites for hydroxylation is 1. The summed E-state index contributed by atoms with van der Waals surface area (Å²) < 4.78 is 25.7. The summed E-state index contributed by atoms with van der Waals surface area (Å²) in [5.41, 5.74) is 1.99. The third-order valence-electron chi connectivity index (χ3n) is 3.95. The Balaban J connectivity index is 1.86. The molecule has 0 spiro atoms. The number of hydrogen-bond acceptors (Lipinski definition) is 5. The summed E-state index contributed by atoms with van der Waals surface area (Å²) in [5, 5.41) is 11.0. The lowest BCUT2D eigenvalue weighted by Crippen LogP contribution is -2.22. The number of rotatable bonds is 5. The number of carbonyl (C=O) groups excluding carboxylic acids is 1. The fourth-order valence-electron chi connectivity index (χ4n) is 2.35. The minimum atomic E-state index is -3.60. The summed E-state index contributed by atoms with van der Waals surface area (Å²) in [5.74, 6) is -0.473. The van der Waals surface area contributed by atoms with Gasteiger partial charge in [-0.05, 0) is 36.8 Å². The van der Waals surface area contributed by atoms with Crippen LogP contribution in [0.1, 0.15) is 16.1 Å². The molecule has 27 heavy (non-hydrogen) atoms. The highest BCUT2D eigenvalue weighted by Gasteiger charge is 2.19. The lowest BCUT2D eigenvalue weighted by atomic mass is 10.2. The van der Waals surface area contributed by atoms with E-state index in [1.807, 2.05) is 30.3 Å². The maximum atomic E-state index is 12.5. The minimum Gasteiger partial charge on any atom is -0.320 e. The molecular formula is C18H19N5O3S. The van der Waals surface area contributed by atoms with Gasteiger partial charge < -0.3 is 5.32 Å². The topological polar surface area (TPSA) is 97.2 Å². The minimum absolute atomic E-state index is 0.0985. The number of para-hydroxylation sites is 1. The van der Waals surface area contributed by atoms with Crippen LogP contribution in [0.5, 0.6) is 0 Å². The second-order valence-corrected chi connectivity index (χ2v) is 8.22. The van der Waals surface area contributed by atoms with Gasteiger partial charge in [-0.1, -0.05) is 24.3 Å². The van der Waals surface area contributed by atoms with Crippen molar-refractivity contribution in [2.45, 2.75) is 11.8 Å². The van der Waals surface area contributed by atoms with E-state index in [-0.39, 0.29) is 10.6 Å². The largest absolute Gasteiger partial charge is 0.320 e. The molecule has 3 aromatic rings. The molecule has 0 aliphatic heterocycles. The van der Waals surface area contributed by atoms with Gasteiger partial charge in [-0.15, -0.1) is 5.10 Å². The molecule has 0 saturated heterocycles. The zero-order chi connectivity index (χ0) is 19.6. The van der Waals surface area contributed by atoms with Crippen molar-refractivity contribution in [3.05, 3.63) is 66.0 Å². The first kappa shape index (κ1) is 18.7. The van der Waals surface area contributed by atoms with Crippen molar-refractivity contribution in [1.82, 2.24) is 19.3 Å². The molecular weight excluding hydrogens is 366 g/mol. The van der Waals surface area contributed by atoms with Crippen LogP contribution in [0.2, 0.25) is 0 Å². The first-order chi connectivity index (χ1) is 12.8. The third-order valence-corrected chi connectivity index (χ3v) is 5.76. The monoisotopic (exact) mass is 385 g/mol. The van der Waals surface area contributed by atoms with Crippen molar-refractivity contribution < 1.29 is 13.2 Å². The Hall–Kier alpha value is -3.04. The third kappa shape index (κ3) is 3.88. The van der Waals surface area contributed by atoms with Gasteiger partial charge in [-0.3, -0.25) is 4.79 Å². The van der Waals surface area contributed by atoms with Crippen molar-refractivity contribution in [3.8, 4) is 5.69 Å². The van der Waals surface area contributed by atoms with Crippen LogP contribution in [0.15, 0.2) is 59.6 Å². The molecule has 9 heteroatoms. The normalized spacial score (nSPS) is 11.6. The maximum absolute atomic E-state index is 12.5. The van der Waals surface area contributed by atoms with E-state index < -0.39 is 15.9 Å². The summed E-state index contributed by atoms with van der Waals surface area (Å²) in [6, 6.07) is 13.8. The Morgan fingerprint density at radius 1 is 1.11 bits per heavy atom. The van der Waals surface area contributed by atoms with E-state index in [2.05, 4.69) is 15.5 Å². The summed E-state index contributed by atoms with van der Waals surface area (Å²) in [6.07, 6.45) is 1.36. The van der Waals surface area contributed by atoms with Gasteiger partial charge in [0.1, 0.15) is 0 Å². The van der Waals surface area contributed by atoms with E-state index in [0.717, 1.165) is 15.6 Å². The van der Waals surface area contributed by atoms with Gasteiger partial charge in [0.05, 0.1) is 16.8 Å². The van der Waals surface area contributed by atoms with Gasteiger partial charge in [0.15, 0.2) is 5.69 Å². The van der Waals surface area contributed by atoms with E-state index in [9.17, 15) is 13.2 Å². The molecule has 0 fully saturated rings. The van der Waals surface area contributed by atoms with Crippen LogP contribution in [-0.2, 0) is 10.0 Å². The second-order valence-electron chi connectivity index (χ2n) is 6.07. The molecule has 0 bridgehead atoms. The number of carbonyl (C=O) groups is 1. The van der Waals surface area contributed by atoms with Crippen molar-refractivity contribution in [2.75, 3.05) is 19.4 Å². The SMILES string of the molecule is Cc1ccc(S(=O)(=O)N(C)C)cc1NC(=O)c1cnn(-c2ccccc2)n1. The second kappa shape index (κ2) is 7.29. The quantitative estimate of drug-likeness (QED) is 0.725. The molecule has 1 aromatic heterocycles. The van der Waals surface area contributed by atoms with Gasteiger partial charge in [0, 0.05) is 19.8 Å². The average molecular weight is 385 g/mol. The fourth-order valence-corrected chi connectivity index (χ4v) is 3.27. The molecule has 0 aliphatic rings.